The van der Waals surface area contributed by atoms with E-state index in [1.165, 1.54) is 0 Å². The van der Waals surface area contributed by atoms with Gasteiger partial charge in [-0.1, -0.05) is 0 Å². The third kappa shape index (κ3) is 11.5. The Hall–Kier alpha value is -1.53. The minimum Gasteiger partial charge on any atom is -0.394 e. The monoisotopic (exact) mass is 871 g/mol. The number of carbonyl (C=O) groups is 1. The molecule has 0 aromatic heterocycles. The molecule has 0 aromatic carbocycles. The van der Waals surface area contributed by atoms with Crippen molar-refractivity contribution in [1.29, 1.82) is 0 Å². The Morgan fingerprint density at radius 2 is 0.966 bits per heavy atom. The Balaban J connectivity index is 1.56. The number of carbonyl (C=O) groups excluding carboxylic acids is 1. The van der Waals surface area contributed by atoms with Crippen molar-refractivity contribution in [2.45, 2.75) is 154 Å². The molecule has 0 bridgehead atoms. The van der Waals surface area contributed by atoms with E-state index in [4.69, 9.17) is 37.9 Å². The highest BCUT2D eigenvalue weighted by molar-refractivity contribution is 5.73. The van der Waals surface area contributed by atoms with Gasteiger partial charge < -0.3 is 130 Å². The Kier molecular flexibility index (Phi) is 18.9. The lowest BCUT2D eigenvalue weighted by molar-refractivity contribution is -0.374. The molecule has 346 valence electrons. The maximum absolute atomic E-state index is 11.7. The highest BCUT2D eigenvalue weighted by atomic mass is 16.8. The molecule has 4 heterocycles. The molecule has 0 aromatic rings. The van der Waals surface area contributed by atoms with Gasteiger partial charge in [0.05, 0.1) is 45.7 Å². The predicted molar refractivity (Wildman–Crippen MR) is 180 cm³/mol. The van der Waals surface area contributed by atoms with Crippen molar-refractivity contribution in [3.05, 3.63) is 0 Å². The molecule has 0 radical (unpaired) electrons. The van der Waals surface area contributed by atoms with Crippen LogP contribution in [0.5, 0.6) is 0 Å². The molecular formula is C32H57NO26. The summed E-state index contributed by atoms with van der Waals surface area (Å²) in [5, 5.41) is 179. The summed E-state index contributed by atoms with van der Waals surface area (Å²) >= 11 is 0. The number of nitrogens with one attached hydrogen (secondary N) is 1. The number of aliphatic hydroxyl groups excluding tert-OH is 17. The standard InChI is InChI=1S/C32H57NO26/c1-8(38)33-9(2-34)15(40)27(10(39)3-35)58-32-26(51)28(59-31-25(50)21(46)17(42)12(5-37)55-31)19(44)14(57-32)7-53-30-24(49)22(47)18(43)13(56-30)6-52-29-23(48)20(45)16(41)11(4-36)54-29/h9-32,34-37,39-51H,2-7H2,1H3,(H,33,38)/t9-,10+,11+,12+,13+,14+,15+,16+,17+,18+,19+,20-,21-,22-,23-,24-,25-,26-,27+,28-,29-,30-,31+,32-/m0/s1. The third-order valence-electron chi connectivity index (χ3n) is 10.3. The summed E-state index contributed by atoms with van der Waals surface area (Å²) in [5.41, 5.74) is 0. The molecule has 4 fully saturated rings. The van der Waals surface area contributed by atoms with E-state index in [9.17, 15) is 91.6 Å². The lowest BCUT2D eigenvalue weighted by atomic mass is 9.96. The first-order valence-corrected chi connectivity index (χ1v) is 18.5. The van der Waals surface area contributed by atoms with Gasteiger partial charge in [-0.3, -0.25) is 4.79 Å². The molecule has 4 rings (SSSR count). The zero-order valence-corrected chi connectivity index (χ0v) is 31.4. The van der Waals surface area contributed by atoms with E-state index in [0.717, 1.165) is 6.92 Å². The number of hydrogen-bond donors (Lipinski definition) is 18. The van der Waals surface area contributed by atoms with Crippen molar-refractivity contribution in [2.75, 3.05) is 39.6 Å². The van der Waals surface area contributed by atoms with Crippen molar-refractivity contribution in [3.8, 4) is 0 Å². The lowest BCUT2D eigenvalue weighted by Gasteiger charge is -2.47. The van der Waals surface area contributed by atoms with Crippen LogP contribution in [0.4, 0.5) is 0 Å². The number of hydrogen-bond acceptors (Lipinski definition) is 26. The smallest absolute Gasteiger partial charge is 0.217 e. The number of rotatable bonds is 18. The molecular weight excluding hydrogens is 814 g/mol. The van der Waals surface area contributed by atoms with Crippen LogP contribution in [-0.4, -0.2) is 280 Å². The molecule has 0 spiro atoms. The van der Waals surface area contributed by atoms with Gasteiger partial charge in [-0.15, -0.1) is 0 Å². The second-order valence-electron chi connectivity index (χ2n) is 14.5. The maximum atomic E-state index is 11.7. The van der Waals surface area contributed by atoms with Crippen LogP contribution in [-0.2, 0) is 42.7 Å². The number of ether oxygens (including phenoxy) is 8. The van der Waals surface area contributed by atoms with Crippen molar-refractivity contribution in [3.63, 3.8) is 0 Å². The van der Waals surface area contributed by atoms with E-state index < -0.39 is 193 Å². The van der Waals surface area contributed by atoms with Crippen LogP contribution in [0.2, 0.25) is 0 Å². The van der Waals surface area contributed by atoms with Gasteiger partial charge in [0.25, 0.3) is 0 Å². The minimum atomic E-state index is -2.21. The fraction of sp³-hybridized carbons (Fsp3) is 0.969. The topological polar surface area (TPSA) is 447 Å². The van der Waals surface area contributed by atoms with E-state index in [2.05, 4.69) is 5.32 Å². The van der Waals surface area contributed by atoms with Crippen LogP contribution in [0.3, 0.4) is 0 Å². The van der Waals surface area contributed by atoms with Gasteiger partial charge in [-0.2, -0.15) is 0 Å². The van der Waals surface area contributed by atoms with Crippen molar-refractivity contribution < 1.29 is 130 Å². The molecule has 1 amide bonds. The summed E-state index contributed by atoms with van der Waals surface area (Å²) in [6.45, 7) is -4.32. The van der Waals surface area contributed by atoms with Gasteiger partial charge in [-0.25, -0.2) is 0 Å². The number of amides is 1. The first kappa shape index (κ1) is 50.1. The van der Waals surface area contributed by atoms with Crippen LogP contribution in [0.1, 0.15) is 6.92 Å². The predicted octanol–water partition coefficient (Wildman–Crippen LogP) is -12.1. The summed E-state index contributed by atoms with van der Waals surface area (Å²) < 4.78 is 44.1. The molecule has 4 saturated heterocycles. The van der Waals surface area contributed by atoms with Crippen LogP contribution in [0, 0.1) is 0 Å². The zero-order chi connectivity index (χ0) is 44.0. The highest BCUT2D eigenvalue weighted by Gasteiger charge is 2.54. The Bertz CT molecular complexity index is 1270. The largest absolute Gasteiger partial charge is 0.394 e. The first-order valence-electron chi connectivity index (χ1n) is 18.5. The third-order valence-corrected chi connectivity index (χ3v) is 10.3. The molecule has 0 unspecified atom stereocenters. The van der Waals surface area contributed by atoms with Gasteiger partial charge >= 0.3 is 0 Å². The second-order valence-corrected chi connectivity index (χ2v) is 14.5. The molecule has 24 atom stereocenters. The Morgan fingerprint density at radius 1 is 0.542 bits per heavy atom. The summed E-state index contributed by atoms with van der Waals surface area (Å²) in [7, 11) is 0. The molecule has 59 heavy (non-hydrogen) atoms. The van der Waals surface area contributed by atoms with Gasteiger partial charge in [0.15, 0.2) is 25.2 Å². The van der Waals surface area contributed by atoms with Crippen molar-refractivity contribution in [2.24, 2.45) is 0 Å². The summed E-state index contributed by atoms with van der Waals surface area (Å²) in [4.78, 5) is 11.7. The molecule has 0 aliphatic carbocycles. The Labute approximate surface area is 334 Å². The highest BCUT2D eigenvalue weighted by Crippen LogP contribution is 2.32. The van der Waals surface area contributed by atoms with Gasteiger partial charge in [0.1, 0.15) is 116 Å². The second kappa shape index (κ2) is 22.2. The normalized spacial score (nSPS) is 45.3. The summed E-state index contributed by atoms with van der Waals surface area (Å²) in [6.07, 6.45) is -43.6. The van der Waals surface area contributed by atoms with Crippen molar-refractivity contribution in [1.82, 2.24) is 5.32 Å². The maximum Gasteiger partial charge on any atom is 0.217 e. The van der Waals surface area contributed by atoms with Crippen LogP contribution < -0.4 is 5.32 Å². The van der Waals surface area contributed by atoms with Crippen LogP contribution >= 0.6 is 0 Å². The summed E-state index contributed by atoms with van der Waals surface area (Å²) in [5.74, 6) is -0.741. The Morgan fingerprint density at radius 3 is 1.42 bits per heavy atom. The van der Waals surface area contributed by atoms with Gasteiger partial charge in [0, 0.05) is 6.92 Å². The van der Waals surface area contributed by atoms with Gasteiger partial charge in [-0.05, 0) is 0 Å². The molecule has 27 heteroatoms. The van der Waals surface area contributed by atoms with E-state index in [-0.39, 0.29) is 0 Å². The first-order chi connectivity index (χ1) is 27.8. The van der Waals surface area contributed by atoms with E-state index >= 15 is 0 Å². The zero-order valence-electron chi connectivity index (χ0n) is 31.4. The molecule has 0 saturated carbocycles. The molecule has 18 N–H and O–H groups in total. The minimum absolute atomic E-state index is 0.739. The van der Waals surface area contributed by atoms with Gasteiger partial charge in [0.2, 0.25) is 5.91 Å². The van der Waals surface area contributed by atoms with Crippen LogP contribution in [0.25, 0.3) is 0 Å². The van der Waals surface area contributed by atoms with E-state index in [0.29, 0.717) is 0 Å². The molecule has 4 aliphatic rings. The van der Waals surface area contributed by atoms with E-state index in [1.54, 1.807) is 0 Å². The fourth-order valence-electron chi connectivity index (χ4n) is 6.81. The molecule has 4 aliphatic heterocycles. The lowest BCUT2D eigenvalue weighted by Crippen LogP contribution is -2.66. The average molecular weight is 872 g/mol. The quantitative estimate of drug-likeness (QED) is 0.0608. The average Bonchev–Trinajstić information content (AvgIpc) is 3.21. The van der Waals surface area contributed by atoms with Crippen LogP contribution in [0.15, 0.2) is 0 Å². The van der Waals surface area contributed by atoms with E-state index in [1.807, 2.05) is 0 Å². The van der Waals surface area contributed by atoms with Crippen molar-refractivity contribution >= 4 is 5.91 Å². The fourth-order valence-corrected chi connectivity index (χ4v) is 6.81. The summed E-state index contributed by atoms with van der Waals surface area (Å²) in [6, 6.07) is -1.53. The molecule has 27 nitrogen and oxygen atoms in total. The SMILES string of the molecule is CC(=O)N[C@@H](CO)[C@@H](O)[C@H](O[C@@H]1O[C@H](CO[C@H]2O[C@H](CO[C@H]3O[C@H](CO)[C@@H](O)[C@H](O)[C@@H]3O)[C@@H](O)[C@H](O)[C@@H]2O)[C@@H](O)[C@H](O[C@H]2O[C@H](CO)[C@@H](O)[C@H](O)[C@@H]2O)[C@@H]1O)[C@H](O)CO. The number of aliphatic hydroxyl groups is 17.